The topological polar surface area (TPSA) is 52.0 Å². The van der Waals surface area contributed by atoms with Gasteiger partial charge in [0.1, 0.15) is 5.75 Å². The van der Waals surface area contributed by atoms with Crippen molar-refractivity contribution in [2.24, 2.45) is 7.05 Å². The van der Waals surface area contributed by atoms with Crippen LogP contribution >= 0.6 is 11.3 Å². The van der Waals surface area contributed by atoms with Gasteiger partial charge in [-0.1, -0.05) is 0 Å². The normalized spacial score (nSPS) is 10.6. The lowest BCUT2D eigenvalue weighted by Crippen LogP contribution is -2.00. The van der Waals surface area contributed by atoms with E-state index in [1.165, 1.54) is 4.88 Å². The molecule has 0 atom stereocenters. The molecule has 21 heavy (non-hydrogen) atoms. The second-order valence-corrected chi connectivity index (χ2v) is 5.96. The van der Waals surface area contributed by atoms with Crippen molar-refractivity contribution in [3.05, 3.63) is 41.3 Å². The Morgan fingerprint density at radius 1 is 1.10 bits per heavy atom. The summed E-state index contributed by atoms with van der Waals surface area (Å²) in [6.07, 6.45) is 0. The van der Waals surface area contributed by atoms with E-state index < -0.39 is 0 Å². The van der Waals surface area contributed by atoms with Gasteiger partial charge >= 0.3 is 0 Å². The Morgan fingerprint density at radius 2 is 1.86 bits per heavy atom. The van der Waals surface area contributed by atoms with Gasteiger partial charge in [0.05, 0.1) is 12.0 Å². The van der Waals surface area contributed by atoms with Crippen molar-refractivity contribution in [1.82, 2.24) is 14.8 Å². The standard InChI is InChI=1S/C15H16N4OS/c1-10-4-9-13(21-10)14-17-18-15(19(14)2)16-11-5-7-12(20-3)8-6-11/h4-9H,1-3H3,(H,16,18). The van der Waals surface area contributed by atoms with Crippen molar-refractivity contribution in [3.8, 4) is 16.5 Å². The van der Waals surface area contributed by atoms with Gasteiger partial charge in [-0.15, -0.1) is 21.5 Å². The van der Waals surface area contributed by atoms with Gasteiger partial charge in [0.15, 0.2) is 5.82 Å². The van der Waals surface area contributed by atoms with Crippen LogP contribution in [0.5, 0.6) is 5.75 Å². The maximum atomic E-state index is 5.15. The fourth-order valence-corrected chi connectivity index (χ4v) is 2.90. The smallest absolute Gasteiger partial charge is 0.229 e. The number of nitrogens with one attached hydrogen (secondary N) is 1. The number of benzene rings is 1. The van der Waals surface area contributed by atoms with Crippen LogP contribution in [-0.2, 0) is 7.05 Å². The van der Waals surface area contributed by atoms with Crippen molar-refractivity contribution in [2.45, 2.75) is 6.92 Å². The number of ether oxygens (including phenoxy) is 1. The number of aryl methyl sites for hydroxylation is 1. The average Bonchev–Trinajstić information content (AvgIpc) is 3.07. The number of hydrogen-bond acceptors (Lipinski definition) is 5. The quantitative estimate of drug-likeness (QED) is 0.800. The molecule has 0 aliphatic carbocycles. The molecule has 0 saturated carbocycles. The molecule has 6 heteroatoms. The molecule has 0 unspecified atom stereocenters. The predicted molar refractivity (Wildman–Crippen MR) is 85.3 cm³/mol. The van der Waals surface area contributed by atoms with Crippen molar-refractivity contribution in [1.29, 1.82) is 0 Å². The number of aromatic nitrogens is 3. The lowest BCUT2D eigenvalue weighted by Gasteiger charge is -2.07. The first kappa shape index (κ1) is 13.6. The van der Waals surface area contributed by atoms with E-state index in [0.717, 1.165) is 22.1 Å². The number of anilines is 2. The Hall–Kier alpha value is -2.34. The second kappa shape index (κ2) is 5.57. The van der Waals surface area contributed by atoms with E-state index in [1.807, 2.05) is 35.9 Å². The van der Waals surface area contributed by atoms with Gasteiger partial charge in [0.25, 0.3) is 0 Å². The summed E-state index contributed by atoms with van der Waals surface area (Å²) in [4.78, 5) is 2.38. The van der Waals surface area contributed by atoms with Crippen molar-refractivity contribution in [2.75, 3.05) is 12.4 Å². The Bertz CT molecular complexity index is 745. The summed E-state index contributed by atoms with van der Waals surface area (Å²) >= 11 is 1.71. The van der Waals surface area contributed by atoms with Gasteiger partial charge in [-0.25, -0.2) is 0 Å². The van der Waals surface area contributed by atoms with Gasteiger partial charge in [-0.2, -0.15) is 0 Å². The number of rotatable bonds is 4. The molecule has 108 valence electrons. The van der Waals surface area contributed by atoms with Gasteiger partial charge in [0.2, 0.25) is 5.95 Å². The molecule has 1 aromatic carbocycles. The molecule has 5 nitrogen and oxygen atoms in total. The molecule has 0 amide bonds. The van der Waals surface area contributed by atoms with Crippen LogP contribution in [0.3, 0.4) is 0 Å². The fraction of sp³-hybridized carbons (Fsp3) is 0.200. The third-order valence-corrected chi connectivity index (χ3v) is 4.18. The van der Waals surface area contributed by atoms with Crippen LogP contribution in [0.2, 0.25) is 0 Å². The Kier molecular flexibility index (Phi) is 3.62. The van der Waals surface area contributed by atoms with E-state index in [4.69, 9.17) is 4.74 Å². The summed E-state index contributed by atoms with van der Waals surface area (Å²) in [6, 6.07) is 11.9. The molecule has 0 aliphatic heterocycles. The number of hydrogen-bond donors (Lipinski definition) is 1. The zero-order valence-corrected chi connectivity index (χ0v) is 12.9. The zero-order chi connectivity index (χ0) is 14.8. The number of methoxy groups -OCH3 is 1. The Morgan fingerprint density at radius 3 is 2.48 bits per heavy atom. The van der Waals surface area contributed by atoms with Crippen LogP contribution in [0.15, 0.2) is 36.4 Å². The first-order chi connectivity index (χ1) is 10.2. The lowest BCUT2D eigenvalue weighted by atomic mass is 10.3. The van der Waals surface area contributed by atoms with Crippen molar-refractivity contribution >= 4 is 23.0 Å². The van der Waals surface area contributed by atoms with Crippen LogP contribution in [0.4, 0.5) is 11.6 Å². The minimum absolute atomic E-state index is 0.709. The monoisotopic (exact) mass is 300 g/mol. The van der Waals surface area contributed by atoms with Gasteiger partial charge in [-0.05, 0) is 43.3 Å². The van der Waals surface area contributed by atoms with Gasteiger partial charge < -0.3 is 10.1 Å². The fourth-order valence-electron chi connectivity index (χ4n) is 2.01. The highest BCUT2D eigenvalue weighted by Crippen LogP contribution is 2.28. The summed E-state index contributed by atoms with van der Waals surface area (Å²) in [5.74, 6) is 2.40. The summed E-state index contributed by atoms with van der Waals surface area (Å²) < 4.78 is 7.10. The maximum absolute atomic E-state index is 5.15. The summed E-state index contributed by atoms with van der Waals surface area (Å²) in [6.45, 7) is 2.08. The highest BCUT2D eigenvalue weighted by molar-refractivity contribution is 7.15. The minimum Gasteiger partial charge on any atom is -0.497 e. The van der Waals surface area contributed by atoms with Gasteiger partial charge in [0, 0.05) is 17.6 Å². The molecule has 2 aromatic heterocycles. The largest absolute Gasteiger partial charge is 0.497 e. The number of nitrogens with zero attached hydrogens (tertiary/aromatic N) is 3. The van der Waals surface area contributed by atoms with Crippen molar-refractivity contribution in [3.63, 3.8) is 0 Å². The molecule has 0 radical (unpaired) electrons. The highest BCUT2D eigenvalue weighted by atomic mass is 32.1. The van der Waals surface area contributed by atoms with Crippen molar-refractivity contribution < 1.29 is 4.74 Å². The molecule has 3 aromatic rings. The first-order valence-corrected chi connectivity index (χ1v) is 7.36. The Labute approximate surface area is 127 Å². The minimum atomic E-state index is 0.709. The van der Waals surface area contributed by atoms with E-state index in [9.17, 15) is 0 Å². The van der Waals surface area contributed by atoms with Crippen LogP contribution in [0.1, 0.15) is 4.88 Å². The van der Waals surface area contributed by atoms with E-state index in [1.54, 1.807) is 18.4 Å². The molecule has 0 spiro atoms. The van der Waals surface area contributed by atoms with Crippen LogP contribution in [-0.4, -0.2) is 21.9 Å². The summed E-state index contributed by atoms with van der Waals surface area (Å²) in [5.41, 5.74) is 0.945. The van der Waals surface area contributed by atoms with Crippen LogP contribution in [0, 0.1) is 6.92 Å². The Balaban J connectivity index is 1.84. The van der Waals surface area contributed by atoms with Crippen LogP contribution in [0.25, 0.3) is 10.7 Å². The molecule has 0 bridgehead atoms. The lowest BCUT2D eigenvalue weighted by molar-refractivity contribution is 0.415. The maximum Gasteiger partial charge on any atom is 0.229 e. The zero-order valence-electron chi connectivity index (χ0n) is 12.1. The molecular weight excluding hydrogens is 284 g/mol. The summed E-state index contributed by atoms with van der Waals surface area (Å²) in [5, 5.41) is 11.7. The van der Waals surface area contributed by atoms with E-state index in [0.29, 0.717) is 5.95 Å². The summed E-state index contributed by atoms with van der Waals surface area (Å²) in [7, 11) is 3.61. The van der Waals surface area contributed by atoms with Crippen LogP contribution < -0.4 is 10.1 Å². The first-order valence-electron chi connectivity index (χ1n) is 6.54. The highest BCUT2D eigenvalue weighted by Gasteiger charge is 2.12. The SMILES string of the molecule is COc1ccc(Nc2nnc(-c3ccc(C)s3)n2C)cc1. The van der Waals surface area contributed by atoms with E-state index >= 15 is 0 Å². The predicted octanol–water partition coefficient (Wildman–Crippen LogP) is 3.60. The molecular formula is C15H16N4OS. The molecule has 2 heterocycles. The van der Waals surface area contributed by atoms with E-state index in [2.05, 4.69) is 34.6 Å². The third kappa shape index (κ3) is 2.75. The van der Waals surface area contributed by atoms with E-state index in [-0.39, 0.29) is 0 Å². The molecule has 0 saturated heterocycles. The number of thiophene rings is 1. The molecule has 0 aliphatic rings. The second-order valence-electron chi connectivity index (χ2n) is 4.67. The third-order valence-electron chi connectivity index (χ3n) is 3.18. The molecule has 1 N–H and O–H groups in total. The average molecular weight is 300 g/mol. The molecule has 3 rings (SSSR count). The van der Waals surface area contributed by atoms with Gasteiger partial charge in [-0.3, -0.25) is 4.57 Å². The molecule has 0 fully saturated rings.